The quantitative estimate of drug-likeness (QED) is 0.848. The van der Waals surface area contributed by atoms with Crippen molar-refractivity contribution in [1.82, 2.24) is 0 Å². The van der Waals surface area contributed by atoms with Crippen LogP contribution in [0.1, 0.15) is 18.1 Å². The van der Waals surface area contributed by atoms with Gasteiger partial charge in [0.1, 0.15) is 5.75 Å². The molecule has 0 saturated heterocycles. The Morgan fingerprint density at radius 3 is 2.78 bits per heavy atom. The highest BCUT2D eigenvalue weighted by Crippen LogP contribution is 2.39. The molecule has 23 heavy (non-hydrogen) atoms. The van der Waals surface area contributed by atoms with Crippen LogP contribution in [-0.2, 0) is 11.2 Å². The first kappa shape index (κ1) is 15.1. The number of anilines is 1. The van der Waals surface area contributed by atoms with Gasteiger partial charge in [-0.2, -0.15) is 0 Å². The predicted molar refractivity (Wildman–Crippen MR) is 94.6 cm³/mol. The maximum atomic E-state index is 12.1. The van der Waals surface area contributed by atoms with Gasteiger partial charge in [0, 0.05) is 22.4 Å². The lowest BCUT2D eigenvalue weighted by molar-refractivity contribution is -0.110. The molecule has 116 valence electrons. The van der Waals surface area contributed by atoms with E-state index in [1.807, 2.05) is 30.3 Å². The molecule has 0 saturated carbocycles. The van der Waals surface area contributed by atoms with Gasteiger partial charge in [-0.25, -0.2) is 0 Å². The van der Waals surface area contributed by atoms with Crippen molar-refractivity contribution in [2.24, 2.45) is 0 Å². The number of carbonyl (C=O) groups is 1. The number of aryl methyl sites for hydroxylation is 1. The highest BCUT2D eigenvalue weighted by atomic mass is 16.5. The molecule has 2 aromatic rings. The van der Waals surface area contributed by atoms with Crippen molar-refractivity contribution >= 4 is 17.2 Å². The molecular weight excluding hydrogens is 286 g/mol. The topological polar surface area (TPSA) is 38.3 Å². The van der Waals surface area contributed by atoms with Crippen molar-refractivity contribution in [3.05, 3.63) is 66.3 Å². The van der Waals surface area contributed by atoms with Crippen LogP contribution in [0.4, 0.5) is 5.69 Å². The molecule has 0 spiro atoms. The van der Waals surface area contributed by atoms with Crippen molar-refractivity contribution in [2.75, 3.05) is 12.4 Å². The third-order valence-corrected chi connectivity index (χ3v) is 4.09. The van der Waals surface area contributed by atoms with E-state index in [0.29, 0.717) is 5.57 Å². The largest absolute Gasteiger partial charge is 0.496 e. The zero-order valence-corrected chi connectivity index (χ0v) is 13.3. The van der Waals surface area contributed by atoms with Gasteiger partial charge in [0.25, 0.3) is 5.91 Å². The molecule has 0 aromatic heterocycles. The number of methoxy groups -OCH3 is 1. The molecule has 1 aliphatic heterocycles. The van der Waals surface area contributed by atoms with Crippen LogP contribution in [-0.4, -0.2) is 13.0 Å². The molecular formula is C20H19NO2. The molecule has 1 amide bonds. The molecule has 2 aromatic carbocycles. The molecule has 3 heteroatoms. The second kappa shape index (κ2) is 6.13. The number of carbonyl (C=O) groups excluding carboxylic acids is 1. The van der Waals surface area contributed by atoms with Crippen LogP contribution >= 0.6 is 0 Å². The lowest BCUT2D eigenvalue weighted by Crippen LogP contribution is -2.03. The number of hydrogen-bond acceptors (Lipinski definition) is 2. The average molecular weight is 305 g/mol. The van der Waals surface area contributed by atoms with Gasteiger partial charge in [0.05, 0.1) is 7.11 Å². The van der Waals surface area contributed by atoms with E-state index in [0.717, 1.165) is 34.5 Å². The summed E-state index contributed by atoms with van der Waals surface area (Å²) in [5.41, 5.74) is 5.72. The van der Waals surface area contributed by atoms with E-state index in [2.05, 4.69) is 24.9 Å². The Hall–Kier alpha value is -2.81. The summed E-state index contributed by atoms with van der Waals surface area (Å²) in [7, 11) is 1.68. The number of amides is 1. The Bertz CT molecular complexity index is 796. The van der Waals surface area contributed by atoms with Crippen LogP contribution in [0.25, 0.3) is 16.7 Å². The smallest absolute Gasteiger partial charge is 0.256 e. The number of benzene rings is 2. The molecule has 1 aliphatic rings. The molecule has 1 heterocycles. The fourth-order valence-corrected chi connectivity index (χ4v) is 3.00. The average Bonchev–Trinajstić information content (AvgIpc) is 2.89. The first-order chi connectivity index (χ1) is 11.2. The number of hydrogen-bond donors (Lipinski definition) is 1. The highest BCUT2D eigenvalue weighted by Gasteiger charge is 2.24. The van der Waals surface area contributed by atoms with E-state index in [9.17, 15) is 4.79 Å². The van der Waals surface area contributed by atoms with Gasteiger partial charge < -0.3 is 10.1 Å². The van der Waals surface area contributed by atoms with Crippen LogP contribution in [0.5, 0.6) is 5.75 Å². The Kier molecular flexibility index (Phi) is 4.02. The number of rotatable bonds is 4. The fourth-order valence-electron chi connectivity index (χ4n) is 3.00. The molecule has 3 nitrogen and oxygen atoms in total. The second-order valence-corrected chi connectivity index (χ2v) is 5.38. The van der Waals surface area contributed by atoms with Crippen LogP contribution in [0.15, 0.2) is 55.1 Å². The zero-order chi connectivity index (χ0) is 16.4. The van der Waals surface area contributed by atoms with Crippen molar-refractivity contribution in [2.45, 2.75) is 13.3 Å². The van der Waals surface area contributed by atoms with Crippen molar-refractivity contribution < 1.29 is 9.53 Å². The summed E-state index contributed by atoms with van der Waals surface area (Å²) >= 11 is 0. The molecule has 0 radical (unpaired) electrons. The first-order valence-electron chi connectivity index (χ1n) is 7.64. The normalized spacial score (nSPS) is 14.5. The summed E-state index contributed by atoms with van der Waals surface area (Å²) in [5.74, 6) is 0.753. The Balaban J connectivity index is 2.20. The third-order valence-electron chi connectivity index (χ3n) is 4.09. The van der Waals surface area contributed by atoms with E-state index in [4.69, 9.17) is 4.74 Å². The van der Waals surface area contributed by atoms with Crippen LogP contribution < -0.4 is 10.1 Å². The van der Waals surface area contributed by atoms with Crippen molar-refractivity contribution in [1.29, 1.82) is 0 Å². The van der Waals surface area contributed by atoms with E-state index in [1.165, 1.54) is 5.56 Å². The number of nitrogens with one attached hydrogen (secondary N) is 1. The van der Waals surface area contributed by atoms with E-state index < -0.39 is 0 Å². The maximum Gasteiger partial charge on any atom is 0.256 e. The minimum Gasteiger partial charge on any atom is -0.496 e. The molecule has 0 fully saturated rings. The third kappa shape index (κ3) is 2.55. The predicted octanol–water partition coefficient (Wildman–Crippen LogP) is 4.45. The molecule has 0 atom stereocenters. The minimum absolute atomic E-state index is 0.0900. The Morgan fingerprint density at radius 2 is 2.09 bits per heavy atom. The van der Waals surface area contributed by atoms with Gasteiger partial charge >= 0.3 is 0 Å². The first-order valence-corrected chi connectivity index (χ1v) is 7.64. The number of ether oxygens (including phenoxy) is 1. The van der Waals surface area contributed by atoms with E-state index >= 15 is 0 Å². The summed E-state index contributed by atoms with van der Waals surface area (Å²) in [4.78, 5) is 12.1. The molecule has 0 unspecified atom stereocenters. The Morgan fingerprint density at radius 1 is 1.26 bits per heavy atom. The fraction of sp³-hybridized carbons (Fsp3) is 0.150. The zero-order valence-electron chi connectivity index (χ0n) is 13.3. The van der Waals surface area contributed by atoms with Gasteiger partial charge in [0.15, 0.2) is 0 Å². The van der Waals surface area contributed by atoms with Crippen LogP contribution in [0.3, 0.4) is 0 Å². The second-order valence-electron chi connectivity index (χ2n) is 5.38. The summed E-state index contributed by atoms with van der Waals surface area (Å²) in [5, 5.41) is 2.88. The molecule has 0 aliphatic carbocycles. The van der Waals surface area contributed by atoms with Gasteiger partial charge in [-0.05, 0) is 41.8 Å². The summed E-state index contributed by atoms with van der Waals surface area (Å²) in [6, 6.07) is 12.1. The molecule has 0 bridgehead atoms. The lowest BCUT2D eigenvalue weighted by atomic mass is 9.94. The Labute approximate surface area is 136 Å². The lowest BCUT2D eigenvalue weighted by Gasteiger charge is -2.14. The van der Waals surface area contributed by atoms with Crippen LogP contribution in [0.2, 0.25) is 0 Å². The molecule has 1 N–H and O–H groups in total. The minimum atomic E-state index is -0.0900. The monoisotopic (exact) mass is 305 g/mol. The van der Waals surface area contributed by atoms with E-state index in [-0.39, 0.29) is 5.91 Å². The number of allylic oxidation sites excluding steroid dienone is 2. The highest BCUT2D eigenvalue weighted by molar-refractivity contribution is 6.32. The van der Waals surface area contributed by atoms with Gasteiger partial charge in [-0.15, -0.1) is 0 Å². The van der Waals surface area contributed by atoms with Gasteiger partial charge in [-0.1, -0.05) is 37.8 Å². The summed E-state index contributed by atoms with van der Waals surface area (Å²) in [6.45, 7) is 5.82. The van der Waals surface area contributed by atoms with Crippen molar-refractivity contribution in [3.8, 4) is 16.9 Å². The van der Waals surface area contributed by atoms with Crippen LogP contribution in [0, 0.1) is 0 Å². The van der Waals surface area contributed by atoms with Crippen molar-refractivity contribution in [3.63, 3.8) is 0 Å². The summed E-state index contributed by atoms with van der Waals surface area (Å²) in [6.07, 6.45) is 4.29. The van der Waals surface area contributed by atoms with Gasteiger partial charge in [-0.3, -0.25) is 4.79 Å². The van der Waals surface area contributed by atoms with Gasteiger partial charge in [0.2, 0.25) is 0 Å². The molecule has 3 rings (SSSR count). The maximum absolute atomic E-state index is 12.1. The number of fused-ring (bicyclic) bond motifs is 1. The van der Waals surface area contributed by atoms with E-state index in [1.54, 1.807) is 19.3 Å². The SMILES string of the molecule is C=C/C=C1/C(=O)Nc2ccc(-c3c(CC)cccc3OC)cc21. The standard InChI is InChI=1S/C20H19NO2/c1-4-7-15-16-12-14(10-11-17(16)21-20(15)22)19-13(5-2)8-6-9-18(19)23-3/h4,6-12H,1,5H2,2-3H3,(H,21,22)/b15-7+. The summed E-state index contributed by atoms with van der Waals surface area (Å²) < 4.78 is 5.54.